The Kier molecular flexibility index (Phi) is 3.22. The average molecular weight is 259 g/mol. The van der Waals surface area contributed by atoms with Crippen molar-refractivity contribution in [2.75, 3.05) is 0 Å². The van der Waals surface area contributed by atoms with Crippen molar-refractivity contribution in [1.29, 1.82) is 0 Å². The lowest BCUT2D eigenvalue weighted by Crippen LogP contribution is -2.11. The molecule has 0 aliphatic heterocycles. The van der Waals surface area contributed by atoms with Gasteiger partial charge in [0.15, 0.2) is 0 Å². The molecule has 1 aromatic heterocycles. The van der Waals surface area contributed by atoms with Crippen LogP contribution in [0.25, 0.3) is 5.69 Å². The molecule has 0 aliphatic carbocycles. The predicted molar refractivity (Wildman–Crippen MR) is 78.4 cm³/mol. The molecular formula is C14H17N3S. The minimum absolute atomic E-state index is 0.390. The molecule has 94 valence electrons. The van der Waals surface area contributed by atoms with Crippen molar-refractivity contribution in [3.63, 3.8) is 0 Å². The van der Waals surface area contributed by atoms with E-state index in [0.717, 1.165) is 16.9 Å². The van der Waals surface area contributed by atoms with E-state index in [1.807, 2.05) is 11.6 Å². The highest BCUT2D eigenvalue weighted by molar-refractivity contribution is 7.80. The molecule has 0 atom stereocenters. The molecule has 0 spiro atoms. The lowest BCUT2D eigenvalue weighted by molar-refractivity contribution is 0.832. The van der Waals surface area contributed by atoms with Gasteiger partial charge in [0.1, 0.15) is 4.99 Å². The smallest absolute Gasteiger partial charge is 0.107 e. The van der Waals surface area contributed by atoms with Gasteiger partial charge in [-0.15, -0.1) is 0 Å². The van der Waals surface area contributed by atoms with E-state index in [4.69, 9.17) is 18.0 Å². The molecule has 1 heterocycles. The number of thiocarbonyl (C=S) groups is 1. The third-order valence-electron chi connectivity index (χ3n) is 3.12. The molecule has 2 N–H and O–H groups in total. The fourth-order valence-corrected chi connectivity index (χ4v) is 2.58. The Labute approximate surface area is 113 Å². The summed E-state index contributed by atoms with van der Waals surface area (Å²) in [6.45, 7) is 8.27. The summed E-state index contributed by atoms with van der Waals surface area (Å²) in [5.41, 5.74) is 12.3. The Hall–Kier alpha value is -1.68. The molecule has 0 bridgehead atoms. The van der Waals surface area contributed by atoms with E-state index >= 15 is 0 Å². The topological polar surface area (TPSA) is 43.8 Å². The zero-order chi connectivity index (χ0) is 13.4. The lowest BCUT2D eigenvalue weighted by atomic mass is 10.0. The maximum atomic E-state index is 5.68. The van der Waals surface area contributed by atoms with Crippen molar-refractivity contribution in [3.05, 3.63) is 46.3 Å². The molecular weight excluding hydrogens is 242 g/mol. The van der Waals surface area contributed by atoms with Crippen molar-refractivity contribution in [2.24, 2.45) is 5.73 Å². The normalized spacial score (nSPS) is 10.7. The van der Waals surface area contributed by atoms with Crippen LogP contribution in [0.3, 0.4) is 0 Å². The van der Waals surface area contributed by atoms with Crippen molar-refractivity contribution in [1.82, 2.24) is 9.78 Å². The highest BCUT2D eigenvalue weighted by Gasteiger charge is 2.13. The standard InChI is InChI=1S/C14H17N3S/c1-8-5-9(2)13(10(3)6-8)17-11(4)12(7-16-17)14(15)18/h5-7H,1-4H3,(H2,15,18). The van der Waals surface area contributed by atoms with E-state index in [0.29, 0.717) is 4.99 Å². The van der Waals surface area contributed by atoms with Crippen LogP contribution in [-0.2, 0) is 0 Å². The lowest BCUT2D eigenvalue weighted by Gasteiger charge is -2.13. The summed E-state index contributed by atoms with van der Waals surface area (Å²) in [7, 11) is 0. The van der Waals surface area contributed by atoms with Crippen molar-refractivity contribution in [2.45, 2.75) is 27.7 Å². The Balaban J connectivity index is 2.67. The van der Waals surface area contributed by atoms with Gasteiger partial charge in [0.05, 0.1) is 23.1 Å². The van der Waals surface area contributed by atoms with Crippen LogP contribution in [0.4, 0.5) is 0 Å². The number of hydrogen-bond acceptors (Lipinski definition) is 2. The first-order valence-corrected chi connectivity index (χ1v) is 6.25. The second kappa shape index (κ2) is 4.53. The Morgan fingerprint density at radius 2 is 1.72 bits per heavy atom. The van der Waals surface area contributed by atoms with Crippen LogP contribution in [0.2, 0.25) is 0 Å². The number of nitrogens with two attached hydrogens (primary N) is 1. The molecule has 0 saturated carbocycles. The summed E-state index contributed by atoms with van der Waals surface area (Å²) in [4.78, 5) is 0.390. The number of nitrogens with zero attached hydrogens (tertiary/aromatic N) is 2. The molecule has 0 radical (unpaired) electrons. The molecule has 2 rings (SSSR count). The Morgan fingerprint density at radius 1 is 1.17 bits per heavy atom. The first kappa shape index (κ1) is 12.8. The van der Waals surface area contributed by atoms with Gasteiger partial charge < -0.3 is 5.73 Å². The first-order valence-electron chi connectivity index (χ1n) is 5.84. The largest absolute Gasteiger partial charge is 0.389 e. The molecule has 1 aromatic carbocycles. The Morgan fingerprint density at radius 3 is 2.17 bits per heavy atom. The molecule has 0 unspecified atom stereocenters. The molecule has 18 heavy (non-hydrogen) atoms. The maximum Gasteiger partial charge on any atom is 0.107 e. The van der Waals surface area contributed by atoms with Gasteiger partial charge >= 0.3 is 0 Å². The van der Waals surface area contributed by atoms with Crippen molar-refractivity contribution < 1.29 is 0 Å². The fourth-order valence-electron chi connectivity index (χ4n) is 2.38. The van der Waals surface area contributed by atoms with Gasteiger partial charge in [-0.25, -0.2) is 4.68 Å². The highest BCUT2D eigenvalue weighted by Crippen LogP contribution is 2.23. The van der Waals surface area contributed by atoms with Crippen LogP contribution in [-0.4, -0.2) is 14.8 Å². The zero-order valence-corrected chi connectivity index (χ0v) is 11.9. The molecule has 0 amide bonds. The fraction of sp³-hybridized carbons (Fsp3) is 0.286. The summed E-state index contributed by atoms with van der Waals surface area (Å²) in [6.07, 6.45) is 1.73. The monoisotopic (exact) mass is 259 g/mol. The molecule has 0 aliphatic rings. The van der Waals surface area contributed by atoms with Crippen molar-refractivity contribution >= 4 is 17.2 Å². The minimum atomic E-state index is 0.390. The maximum absolute atomic E-state index is 5.68. The minimum Gasteiger partial charge on any atom is -0.389 e. The molecule has 4 heteroatoms. The van der Waals surface area contributed by atoms with Crippen LogP contribution in [0.15, 0.2) is 18.3 Å². The van der Waals surface area contributed by atoms with Crippen LogP contribution in [0.1, 0.15) is 27.9 Å². The van der Waals surface area contributed by atoms with Gasteiger partial charge in [-0.05, 0) is 38.8 Å². The summed E-state index contributed by atoms with van der Waals surface area (Å²) in [6, 6.07) is 4.31. The van der Waals surface area contributed by atoms with Gasteiger partial charge in [-0.3, -0.25) is 0 Å². The number of rotatable bonds is 2. The van der Waals surface area contributed by atoms with E-state index in [2.05, 4.69) is 38.0 Å². The van der Waals surface area contributed by atoms with Crippen molar-refractivity contribution in [3.8, 4) is 5.69 Å². The van der Waals surface area contributed by atoms with Gasteiger partial charge in [0.2, 0.25) is 0 Å². The predicted octanol–water partition coefficient (Wildman–Crippen LogP) is 2.74. The zero-order valence-electron chi connectivity index (χ0n) is 11.1. The molecule has 2 aromatic rings. The summed E-state index contributed by atoms with van der Waals surface area (Å²) in [5, 5.41) is 4.41. The first-order chi connectivity index (χ1) is 8.41. The van der Waals surface area contributed by atoms with Gasteiger partial charge in [-0.1, -0.05) is 29.9 Å². The Bertz CT molecular complexity index is 603. The second-order valence-corrected chi connectivity index (χ2v) is 5.11. The summed E-state index contributed by atoms with van der Waals surface area (Å²) >= 11 is 5.02. The van der Waals surface area contributed by atoms with Crippen LogP contribution in [0.5, 0.6) is 0 Å². The number of aromatic nitrogens is 2. The number of aryl methyl sites for hydroxylation is 3. The summed E-state index contributed by atoms with van der Waals surface area (Å²) in [5.74, 6) is 0. The van der Waals surface area contributed by atoms with Gasteiger partial charge in [0.25, 0.3) is 0 Å². The van der Waals surface area contributed by atoms with E-state index in [9.17, 15) is 0 Å². The highest BCUT2D eigenvalue weighted by atomic mass is 32.1. The van der Waals surface area contributed by atoms with E-state index in [1.54, 1.807) is 6.20 Å². The van der Waals surface area contributed by atoms with Gasteiger partial charge in [-0.2, -0.15) is 5.10 Å². The molecule has 3 nitrogen and oxygen atoms in total. The van der Waals surface area contributed by atoms with Crippen LogP contribution in [0, 0.1) is 27.7 Å². The quantitative estimate of drug-likeness (QED) is 0.843. The van der Waals surface area contributed by atoms with E-state index in [-0.39, 0.29) is 0 Å². The third-order valence-corrected chi connectivity index (χ3v) is 3.34. The SMILES string of the molecule is Cc1cc(C)c(-n2ncc(C(N)=S)c2C)c(C)c1. The summed E-state index contributed by atoms with van der Waals surface area (Å²) < 4.78 is 1.92. The van der Waals surface area contributed by atoms with E-state index < -0.39 is 0 Å². The molecule has 0 fully saturated rings. The van der Waals surface area contributed by atoms with Crippen LogP contribution >= 0.6 is 12.2 Å². The average Bonchev–Trinajstić information content (AvgIpc) is 2.59. The third kappa shape index (κ3) is 2.04. The number of benzene rings is 1. The van der Waals surface area contributed by atoms with E-state index in [1.165, 1.54) is 16.7 Å². The number of hydrogen-bond donors (Lipinski definition) is 1. The van der Waals surface area contributed by atoms with Crippen LogP contribution < -0.4 is 5.73 Å². The second-order valence-electron chi connectivity index (χ2n) is 4.67. The van der Waals surface area contributed by atoms with Gasteiger partial charge in [0, 0.05) is 0 Å². The molecule has 0 saturated heterocycles.